The lowest BCUT2D eigenvalue weighted by atomic mass is 10.2. The molecule has 0 spiro atoms. The first-order valence-corrected chi connectivity index (χ1v) is 8.06. The third-order valence-corrected chi connectivity index (χ3v) is 3.77. The number of aryl methyl sites for hydroxylation is 1. The Labute approximate surface area is 149 Å². The second-order valence-corrected chi connectivity index (χ2v) is 5.82. The average molecular weight is 358 g/mol. The van der Waals surface area contributed by atoms with Gasteiger partial charge in [0.15, 0.2) is 23.9 Å². The Morgan fingerprint density at radius 1 is 1.31 bits per heavy atom. The predicted molar refractivity (Wildman–Crippen MR) is 92.7 cm³/mol. The monoisotopic (exact) mass is 358 g/mol. The van der Waals surface area contributed by atoms with E-state index in [2.05, 4.69) is 5.32 Å². The Hall–Kier alpha value is -3.29. The molecule has 1 aliphatic heterocycles. The number of hydrogen-bond acceptors (Lipinski definition) is 6. The molecular formula is C18H18N2O6. The number of benzene rings is 2. The summed E-state index contributed by atoms with van der Waals surface area (Å²) in [6, 6.07) is 11.8. The molecule has 136 valence electrons. The van der Waals surface area contributed by atoms with Crippen LogP contribution in [0.3, 0.4) is 0 Å². The van der Waals surface area contributed by atoms with E-state index in [9.17, 15) is 14.9 Å². The Morgan fingerprint density at radius 2 is 2.08 bits per heavy atom. The van der Waals surface area contributed by atoms with Crippen molar-refractivity contribution >= 4 is 11.6 Å². The lowest BCUT2D eigenvalue weighted by molar-refractivity contribution is -0.385. The van der Waals surface area contributed by atoms with Crippen LogP contribution in [0.15, 0.2) is 42.5 Å². The molecule has 0 saturated heterocycles. The summed E-state index contributed by atoms with van der Waals surface area (Å²) in [4.78, 5) is 22.4. The molecule has 0 bridgehead atoms. The van der Waals surface area contributed by atoms with Gasteiger partial charge in [-0.05, 0) is 30.7 Å². The average Bonchev–Trinajstić information content (AvgIpc) is 2.64. The molecule has 0 radical (unpaired) electrons. The first-order valence-electron chi connectivity index (χ1n) is 8.06. The highest BCUT2D eigenvalue weighted by atomic mass is 16.6. The second-order valence-electron chi connectivity index (χ2n) is 5.82. The Kier molecular flexibility index (Phi) is 5.21. The van der Waals surface area contributed by atoms with Gasteiger partial charge in [-0.2, -0.15) is 0 Å². The van der Waals surface area contributed by atoms with Crippen molar-refractivity contribution in [3.63, 3.8) is 0 Å². The smallest absolute Gasteiger partial charge is 0.310 e. The van der Waals surface area contributed by atoms with E-state index in [1.54, 1.807) is 19.1 Å². The number of nitro groups is 1. The minimum Gasteiger partial charge on any atom is -0.486 e. The van der Waals surface area contributed by atoms with Crippen molar-refractivity contribution in [1.82, 2.24) is 5.32 Å². The molecular weight excluding hydrogens is 340 g/mol. The van der Waals surface area contributed by atoms with Gasteiger partial charge in [0, 0.05) is 6.07 Å². The van der Waals surface area contributed by atoms with E-state index >= 15 is 0 Å². The zero-order valence-corrected chi connectivity index (χ0v) is 14.1. The molecule has 0 aromatic heterocycles. The normalized spacial score (nSPS) is 15.2. The summed E-state index contributed by atoms with van der Waals surface area (Å²) in [6.45, 7) is 2.03. The van der Waals surface area contributed by atoms with E-state index in [4.69, 9.17) is 14.2 Å². The molecule has 2 aromatic carbocycles. The second kappa shape index (κ2) is 7.73. The van der Waals surface area contributed by atoms with Gasteiger partial charge in [-0.3, -0.25) is 14.9 Å². The van der Waals surface area contributed by atoms with Crippen molar-refractivity contribution in [2.24, 2.45) is 0 Å². The lowest BCUT2D eigenvalue weighted by Crippen LogP contribution is -2.42. The number of nitrogens with one attached hydrogen (secondary N) is 1. The van der Waals surface area contributed by atoms with Crippen LogP contribution >= 0.6 is 0 Å². The molecule has 1 atom stereocenters. The number of para-hydroxylation sites is 2. The highest BCUT2D eigenvalue weighted by Gasteiger charge is 2.21. The summed E-state index contributed by atoms with van der Waals surface area (Å²) in [6.07, 6.45) is -0.317. The van der Waals surface area contributed by atoms with Crippen molar-refractivity contribution < 1.29 is 23.9 Å². The number of carbonyl (C=O) groups is 1. The van der Waals surface area contributed by atoms with E-state index in [1.807, 2.05) is 18.2 Å². The van der Waals surface area contributed by atoms with Crippen molar-refractivity contribution in [3.8, 4) is 17.2 Å². The summed E-state index contributed by atoms with van der Waals surface area (Å²) >= 11 is 0. The van der Waals surface area contributed by atoms with E-state index in [0.29, 0.717) is 18.1 Å². The maximum Gasteiger partial charge on any atom is 0.310 e. The van der Waals surface area contributed by atoms with E-state index < -0.39 is 10.8 Å². The zero-order chi connectivity index (χ0) is 18.5. The minimum absolute atomic E-state index is 0.0660. The van der Waals surface area contributed by atoms with Crippen LogP contribution in [0.1, 0.15) is 5.56 Å². The van der Waals surface area contributed by atoms with Crippen LogP contribution in [0.2, 0.25) is 0 Å². The van der Waals surface area contributed by atoms with E-state index in [-0.39, 0.29) is 30.7 Å². The molecule has 0 aliphatic carbocycles. The van der Waals surface area contributed by atoms with Crippen molar-refractivity contribution in [2.45, 2.75) is 13.0 Å². The van der Waals surface area contributed by atoms with E-state index in [0.717, 1.165) is 5.56 Å². The number of ether oxygens (including phenoxy) is 3. The number of amides is 1. The summed E-state index contributed by atoms with van der Waals surface area (Å²) < 4.78 is 16.6. The molecule has 8 heteroatoms. The van der Waals surface area contributed by atoms with Gasteiger partial charge >= 0.3 is 5.69 Å². The highest BCUT2D eigenvalue weighted by Crippen LogP contribution is 2.30. The fourth-order valence-corrected chi connectivity index (χ4v) is 2.47. The van der Waals surface area contributed by atoms with Crippen LogP contribution in [0.4, 0.5) is 5.69 Å². The molecule has 26 heavy (non-hydrogen) atoms. The minimum atomic E-state index is -0.544. The van der Waals surface area contributed by atoms with Crippen LogP contribution in [0, 0.1) is 17.0 Å². The summed E-state index contributed by atoms with van der Waals surface area (Å²) in [5, 5.41) is 13.7. The third-order valence-electron chi connectivity index (χ3n) is 3.77. The summed E-state index contributed by atoms with van der Waals surface area (Å²) in [5.74, 6) is 0.967. The summed E-state index contributed by atoms with van der Waals surface area (Å²) in [7, 11) is 0. The van der Waals surface area contributed by atoms with Crippen molar-refractivity contribution in [2.75, 3.05) is 19.8 Å². The number of rotatable bonds is 6. The fraction of sp³-hybridized carbons (Fsp3) is 0.278. The molecule has 1 N–H and O–H groups in total. The van der Waals surface area contributed by atoms with Crippen LogP contribution in [0.25, 0.3) is 0 Å². The first-order chi connectivity index (χ1) is 12.5. The quantitative estimate of drug-likeness (QED) is 0.628. The molecule has 2 aromatic rings. The molecule has 1 unspecified atom stereocenters. The number of nitro benzene ring substituents is 1. The third kappa shape index (κ3) is 4.21. The molecule has 3 rings (SSSR count). The van der Waals surface area contributed by atoms with Gasteiger partial charge in [0.05, 0.1) is 11.5 Å². The molecule has 0 saturated carbocycles. The summed E-state index contributed by atoms with van der Waals surface area (Å²) in [5.41, 5.74) is 0.626. The van der Waals surface area contributed by atoms with Crippen LogP contribution in [-0.4, -0.2) is 36.7 Å². The Balaban J connectivity index is 1.50. The zero-order valence-electron chi connectivity index (χ0n) is 14.1. The lowest BCUT2D eigenvalue weighted by Gasteiger charge is -2.26. The number of hydrogen-bond donors (Lipinski definition) is 1. The topological polar surface area (TPSA) is 99.9 Å². The fourth-order valence-electron chi connectivity index (χ4n) is 2.47. The van der Waals surface area contributed by atoms with Crippen LogP contribution in [0.5, 0.6) is 17.2 Å². The number of fused-ring (bicyclic) bond motifs is 1. The maximum atomic E-state index is 12.0. The predicted octanol–water partition coefficient (Wildman–Crippen LogP) is 2.24. The largest absolute Gasteiger partial charge is 0.486 e. The molecule has 1 aliphatic rings. The number of carbonyl (C=O) groups excluding carboxylic acids is 1. The van der Waals surface area contributed by atoms with Gasteiger partial charge in [-0.15, -0.1) is 0 Å². The van der Waals surface area contributed by atoms with Crippen LogP contribution in [-0.2, 0) is 4.79 Å². The van der Waals surface area contributed by atoms with Crippen molar-refractivity contribution in [1.29, 1.82) is 0 Å². The van der Waals surface area contributed by atoms with Gasteiger partial charge in [0.25, 0.3) is 5.91 Å². The Morgan fingerprint density at radius 3 is 2.85 bits per heavy atom. The van der Waals surface area contributed by atoms with Gasteiger partial charge < -0.3 is 19.5 Å². The number of nitrogens with zero attached hydrogens (tertiary/aromatic N) is 1. The molecule has 1 amide bonds. The molecule has 1 heterocycles. The Bertz CT molecular complexity index is 823. The van der Waals surface area contributed by atoms with Crippen LogP contribution < -0.4 is 19.5 Å². The van der Waals surface area contributed by atoms with Gasteiger partial charge in [0.1, 0.15) is 12.7 Å². The van der Waals surface area contributed by atoms with E-state index in [1.165, 1.54) is 12.1 Å². The SMILES string of the molecule is Cc1ccc([N+](=O)[O-])c(OCC(=O)NCC2COc3ccccc3O2)c1. The van der Waals surface area contributed by atoms with Gasteiger partial charge in [-0.25, -0.2) is 0 Å². The van der Waals surface area contributed by atoms with Gasteiger partial charge in [0.2, 0.25) is 0 Å². The molecule has 8 nitrogen and oxygen atoms in total. The standard InChI is InChI=1S/C18H18N2O6/c1-12-6-7-14(20(22)23)17(8-12)25-11-18(21)19-9-13-10-24-15-4-2-3-5-16(15)26-13/h2-8,13H,9-11H2,1H3,(H,19,21). The molecule has 0 fully saturated rings. The van der Waals surface area contributed by atoms with Crippen molar-refractivity contribution in [3.05, 3.63) is 58.1 Å². The maximum absolute atomic E-state index is 12.0. The highest BCUT2D eigenvalue weighted by molar-refractivity contribution is 5.77. The van der Waals surface area contributed by atoms with Gasteiger partial charge in [-0.1, -0.05) is 18.2 Å². The first kappa shape index (κ1) is 17.5.